The summed E-state index contributed by atoms with van der Waals surface area (Å²) >= 11 is 0. The lowest BCUT2D eigenvalue weighted by atomic mass is 9.77. The molecule has 0 aromatic rings. The van der Waals surface area contributed by atoms with Crippen LogP contribution in [0, 0.1) is 0 Å². The van der Waals surface area contributed by atoms with Crippen molar-refractivity contribution in [2.75, 3.05) is 6.61 Å². The van der Waals surface area contributed by atoms with Crippen molar-refractivity contribution in [1.29, 1.82) is 0 Å². The lowest BCUT2D eigenvalue weighted by Crippen LogP contribution is -2.71. The molecule has 0 radical (unpaired) electrons. The fourth-order valence-electron chi connectivity index (χ4n) is 4.42. The van der Waals surface area contributed by atoms with Gasteiger partial charge in [-0.1, -0.05) is 41.5 Å². The molecular weight excluding hydrogens is 352 g/mol. The highest BCUT2D eigenvalue weighted by Gasteiger charge is 2.68. The Kier molecular flexibility index (Phi) is 5.59. The van der Waals surface area contributed by atoms with Crippen LogP contribution in [0.3, 0.4) is 0 Å². The first-order chi connectivity index (χ1) is 11.8. The lowest BCUT2D eigenvalue weighted by molar-refractivity contribution is -0.162. The Morgan fingerprint density at radius 2 is 1.85 bits per heavy atom. The SMILES string of the molecule is CCOC(=O)C(=[N+]=[N-])[C@]1(O)CC[C@@H]2C[C@H]1O[Si](C(C)(C)C)(C(C)(C)C)O2. The first-order valence-electron chi connectivity index (χ1n) is 9.30. The molecule has 148 valence electrons. The van der Waals surface area contributed by atoms with Gasteiger partial charge in [-0.2, -0.15) is 4.79 Å². The van der Waals surface area contributed by atoms with Crippen LogP contribution < -0.4 is 0 Å². The number of carbonyl (C=O) groups excluding carboxylic acids is 1. The van der Waals surface area contributed by atoms with E-state index < -0.39 is 26.2 Å². The first kappa shape index (κ1) is 21.2. The van der Waals surface area contributed by atoms with E-state index >= 15 is 0 Å². The smallest absolute Gasteiger partial charge is 0.420 e. The number of rotatable bonds is 3. The van der Waals surface area contributed by atoms with Crippen molar-refractivity contribution in [3.8, 4) is 0 Å². The predicted molar refractivity (Wildman–Crippen MR) is 99.0 cm³/mol. The van der Waals surface area contributed by atoms with E-state index in [0.717, 1.165) is 0 Å². The maximum atomic E-state index is 12.2. The predicted octanol–water partition coefficient (Wildman–Crippen LogP) is 2.96. The van der Waals surface area contributed by atoms with Crippen LogP contribution in [0.25, 0.3) is 5.53 Å². The second-order valence-electron chi connectivity index (χ2n) is 9.33. The first-order valence-corrected chi connectivity index (χ1v) is 11.1. The molecule has 7 nitrogen and oxygen atoms in total. The Hall–Kier alpha value is -1.05. The van der Waals surface area contributed by atoms with Gasteiger partial charge in [0.1, 0.15) is 0 Å². The highest BCUT2D eigenvalue weighted by molar-refractivity contribution is 6.73. The van der Waals surface area contributed by atoms with Crippen molar-refractivity contribution < 1.29 is 28.3 Å². The zero-order chi connectivity index (χ0) is 20.0. The van der Waals surface area contributed by atoms with Gasteiger partial charge in [0.25, 0.3) is 0 Å². The van der Waals surface area contributed by atoms with Crippen LogP contribution >= 0.6 is 0 Å². The third kappa shape index (κ3) is 3.29. The number of ether oxygens (including phenoxy) is 1. The molecule has 0 aromatic carbocycles. The highest BCUT2D eigenvalue weighted by atomic mass is 28.4. The number of hydrogen-bond acceptors (Lipinski definition) is 5. The molecule has 8 heteroatoms. The van der Waals surface area contributed by atoms with Crippen molar-refractivity contribution in [3.05, 3.63) is 5.53 Å². The summed E-state index contributed by atoms with van der Waals surface area (Å²) in [5, 5.41) is 10.9. The third-order valence-corrected chi connectivity index (χ3v) is 10.7. The van der Waals surface area contributed by atoms with Gasteiger partial charge < -0.3 is 24.2 Å². The van der Waals surface area contributed by atoms with Crippen LogP contribution in [-0.2, 0) is 18.4 Å². The molecule has 0 spiro atoms. The molecular formula is C18H32N2O5Si. The van der Waals surface area contributed by atoms with E-state index in [9.17, 15) is 15.4 Å². The van der Waals surface area contributed by atoms with Crippen LogP contribution in [0.5, 0.6) is 0 Å². The van der Waals surface area contributed by atoms with E-state index in [0.29, 0.717) is 12.8 Å². The fraction of sp³-hybridized carbons (Fsp3) is 0.889. The average Bonchev–Trinajstić information content (AvgIpc) is 2.50. The van der Waals surface area contributed by atoms with Gasteiger partial charge in [0.2, 0.25) is 0 Å². The van der Waals surface area contributed by atoms with Crippen LogP contribution in [0.1, 0.15) is 67.7 Å². The summed E-state index contributed by atoms with van der Waals surface area (Å²) in [5.74, 6) is -0.815. The minimum absolute atomic E-state index is 0.0405. The zero-order valence-corrected chi connectivity index (χ0v) is 18.0. The number of nitrogens with zero attached hydrogens (tertiary/aromatic N) is 2. The molecule has 1 aliphatic heterocycles. The Morgan fingerprint density at radius 3 is 2.31 bits per heavy atom. The molecule has 1 N–H and O–H groups in total. The standard InChI is InChI=1S/C18H32N2O5Si/c1-8-23-15(21)14(20-19)18(22)10-9-12-11-13(18)25-26(24-12,16(2,3)4)17(5,6)7/h12-13,22H,8-11H2,1-7H3/t12-,13-,18+/m1/s1. The zero-order valence-electron chi connectivity index (χ0n) is 17.0. The number of esters is 1. The minimum Gasteiger partial charge on any atom is -0.457 e. The summed E-state index contributed by atoms with van der Waals surface area (Å²) in [4.78, 5) is 15.4. The Bertz CT molecular complexity index is 604. The highest BCUT2D eigenvalue weighted by Crippen LogP contribution is 2.57. The van der Waals surface area contributed by atoms with Gasteiger partial charge in [-0.3, -0.25) is 0 Å². The van der Waals surface area contributed by atoms with Crippen molar-refractivity contribution in [2.45, 2.75) is 95.6 Å². The average molecular weight is 385 g/mol. The van der Waals surface area contributed by atoms with Gasteiger partial charge >= 0.3 is 20.2 Å². The van der Waals surface area contributed by atoms with Crippen molar-refractivity contribution in [2.24, 2.45) is 0 Å². The number of aliphatic hydroxyl groups is 1. The molecule has 1 heterocycles. The normalized spacial score (nSPS) is 31.1. The fourth-order valence-corrected chi connectivity index (χ4v) is 9.51. The molecule has 1 saturated carbocycles. The van der Waals surface area contributed by atoms with E-state index in [2.05, 4.69) is 46.3 Å². The molecule has 0 unspecified atom stereocenters. The van der Waals surface area contributed by atoms with Gasteiger partial charge in [-0.15, -0.1) is 0 Å². The van der Waals surface area contributed by atoms with Crippen LogP contribution in [0.4, 0.5) is 0 Å². The Morgan fingerprint density at radius 1 is 1.27 bits per heavy atom. The summed E-state index contributed by atoms with van der Waals surface area (Å²) in [5.41, 5.74) is 7.38. The van der Waals surface area contributed by atoms with E-state index in [1.807, 2.05) is 0 Å². The number of carbonyl (C=O) groups is 1. The topological polar surface area (TPSA) is 101 Å². The van der Waals surface area contributed by atoms with Crippen molar-refractivity contribution >= 4 is 20.2 Å². The second kappa shape index (κ2) is 6.84. The lowest BCUT2D eigenvalue weighted by Gasteiger charge is -2.58. The summed E-state index contributed by atoms with van der Waals surface area (Å²) in [7, 11) is -2.83. The van der Waals surface area contributed by atoms with Gasteiger partial charge in [0, 0.05) is 22.6 Å². The van der Waals surface area contributed by atoms with Crippen molar-refractivity contribution in [1.82, 2.24) is 0 Å². The van der Waals surface area contributed by atoms with Gasteiger partial charge in [-0.05, 0) is 19.8 Å². The largest absolute Gasteiger partial charge is 0.457 e. The van der Waals surface area contributed by atoms with Crippen LogP contribution in [0.15, 0.2) is 0 Å². The van der Waals surface area contributed by atoms with Crippen LogP contribution in [0.2, 0.25) is 10.1 Å². The molecule has 0 amide bonds. The van der Waals surface area contributed by atoms with Gasteiger partial charge in [0.05, 0.1) is 12.7 Å². The molecule has 2 rings (SSSR count). The monoisotopic (exact) mass is 384 g/mol. The second-order valence-corrected chi connectivity index (χ2v) is 14.0. The molecule has 1 saturated heterocycles. The molecule has 3 atom stereocenters. The quantitative estimate of drug-likeness (QED) is 0.265. The summed E-state index contributed by atoms with van der Waals surface area (Å²) in [6.07, 6.45) is 0.530. The van der Waals surface area contributed by atoms with Gasteiger partial charge in [0.15, 0.2) is 5.60 Å². The molecule has 2 bridgehead atoms. The van der Waals surface area contributed by atoms with E-state index in [1.54, 1.807) is 6.92 Å². The van der Waals surface area contributed by atoms with Gasteiger partial charge in [-0.25, -0.2) is 4.79 Å². The third-order valence-electron chi connectivity index (χ3n) is 5.45. The molecule has 26 heavy (non-hydrogen) atoms. The maximum Gasteiger partial charge on any atom is 0.420 e. The van der Waals surface area contributed by atoms with E-state index in [1.165, 1.54) is 0 Å². The summed E-state index contributed by atoms with van der Waals surface area (Å²) < 4.78 is 18.1. The summed E-state index contributed by atoms with van der Waals surface area (Å²) in [6, 6.07) is 0. The molecule has 2 fully saturated rings. The summed E-state index contributed by atoms with van der Waals surface area (Å²) in [6.45, 7) is 14.4. The Balaban J connectivity index is 2.49. The molecule has 2 aliphatic rings. The Labute approximate surface area is 156 Å². The van der Waals surface area contributed by atoms with E-state index in [-0.39, 0.29) is 34.9 Å². The molecule has 0 aromatic heterocycles. The maximum absolute atomic E-state index is 12.2. The van der Waals surface area contributed by atoms with Crippen LogP contribution in [-0.4, -0.2) is 54.6 Å². The number of hydrogen-bond donors (Lipinski definition) is 1. The number of fused-ring (bicyclic) bond motifs is 2. The van der Waals surface area contributed by atoms with Crippen molar-refractivity contribution in [3.63, 3.8) is 0 Å². The van der Waals surface area contributed by atoms with E-state index in [4.69, 9.17) is 13.6 Å². The minimum atomic E-state index is -2.83. The molecule has 1 aliphatic carbocycles.